The number of rotatable bonds is 40. The molecule has 0 bridgehead atoms. The Morgan fingerprint density at radius 1 is 0.544 bits per heavy atom. The molecule has 0 aliphatic carbocycles. The molecule has 0 aliphatic rings. The lowest BCUT2D eigenvalue weighted by atomic mass is 10.1. The summed E-state index contributed by atoms with van der Waals surface area (Å²) in [5, 5.41) is 0. The van der Waals surface area contributed by atoms with Crippen molar-refractivity contribution in [3.05, 3.63) is 60.8 Å². The minimum atomic E-state index is -4.39. The van der Waals surface area contributed by atoms with E-state index >= 15 is 0 Å². The van der Waals surface area contributed by atoms with Crippen LogP contribution in [0.4, 0.5) is 0 Å². The number of unbranched alkanes of at least 4 members (excludes halogenated alkanes) is 16. The fourth-order valence-electron chi connectivity index (χ4n) is 5.71. The standard InChI is InChI=1S/C47H84NO8P/c1-6-8-10-12-14-16-18-20-22-24-26-27-29-31-33-35-37-39-46(49)53-43-45(44-55-57(51,52)54-42-41-48(3,4)5)56-47(50)40-38-36-34-32-30-28-25-23-21-19-17-15-13-11-9-7-2/h14,16,20,22-23,25-27,31,33,45H,6-13,15,17-19,21,24,28-30,32,34-44H2,1-5H3/p+1/b16-14-,22-20-,25-23-,27-26-,33-31-/t45-/m1/s1. The molecule has 57 heavy (non-hydrogen) atoms. The lowest BCUT2D eigenvalue weighted by Crippen LogP contribution is -2.37. The molecule has 0 amide bonds. The van der Waals surface area contributed by atoms with E-state index in [4.69, 9.17) is 18.5 Å². The van der Waals surface area contributed by atoms with Gasteiger partial charge in [-0.25, -0.2) is 4.57 Å². The fraction of sp³-hybridized carbons (Fsp3) is 0.745. The minimum absolute atomic E-state index is 0.0195. The van der Waals surface area contributed by atoms with Crippen LogP contribution in [0.15, 0.2) is 60.8 Å². The number of carbonyl (C=O) groups excluding carboxylic acids is 2. The summed E-state index contributed by atoms with van der Waals surface area (Å²) in [4.78, 5) is 35.4. The molecule has 0 rings (SSSR count). The number of phosphoric ester groups is 1. The molecule has 0 saturated heterocycles. The highest BCUT2D eigenvalue weighted by atomic mass is 31.2. The third kappa shape index (κ3) is 43.1. The van der Waals surface area contributed by atoms with Crippen LogP contribution in [0.3, 0.4) is 0 Å². The number of hydrogen-bond donors (Lipinski definition) is 1. The van der Waals surface area contributed by atoms with Gasteiger partial charge in [0.15, 0.2) is 6.10 Å². The Hall–Kier alpha value is -2.29. The molecule has 0 aromatic rings. The third-order valence-electron chi connectivity index (χ3n) is 9.27. The first-order valence-electron chi connectivity index (χ1n) is 22.5. The molecule has 9 nitrogen and oxygen atoms in total. The Labute approximate surface area is 349 Å². The fourth-order valence-corrected chi connectivity index (χ4v) is 6.45. The van der Waals surface area contributed by atoms with E-state index in [0.717, 1.165) is 57.8 Å². The normalized spacial score (nSPS) is 14.1. The zero-order chi connectivity index (χ0) is 42.1. The van der Waals surface area contributed by atoms with Crippen molar-refractivity contribution in [3.8, 4) is 0 Å². The van der Waals surface area contributed by atoms with E-state index in [-0.39, 0.29) is 26.1 Å². The monoisotopic (exact) mass is 823 g/mol. The molecule has 0 radical (unpaired) electrons. The summed E-state index contributed by atoms with van der Waals surface area (Å²) in [5.41, 5.74) is 0. The SMILES string of the molecule is CCCCC/C=C\C/C=C\C/C=C\C/C=C\CCCC(=O)OC[C@H](COP(=O)(O)OCC[N+](C)(C)C)OC(=O)CCCCCCC/C=C\CCCCCCCCC. The molecule has 10 heteroatoms. The van der Waals surface area contributed by atoms with Crippen LogP contribution in [-0.2, 0) is 32.7 Å². The van der Waals surface area contributed by atoms with Crippen molar-refractivity contribution in [2.45, 2.75) is 180 Å². The van der Waals surface area contributed by atoms with Crippen LogP contribution in [0.5, 0.6) is 0 Å². The van der Waals surface area contributed by atoms with Gasteiger partial charge in [0, 0.05) is 12.8 Å². The number of hydrogen-bond acceptors (Lipinski definition) is 7. The van der Waals surface area contributed by atoms with E-state index < -0.39 is 32.5 Å². The number of esters is 2. The van der Waals surface area contributed by atoms with Crippen LogP contribution in [0.1, 0.15) is 174 Å². The number of ether oxygens (including phenoxy) is 2. The van der Waals surface area contributed by atoms with Gasteiger partial charge in [0.05, 0.1) is 27.7 Å². The van der Waals surface area contributed by atoms with E-state index in [2.05, 4.69) is 74.6 Å². The first kappa shape index (κ1) is 54.7. The molecule has 0 saturated carbocycles. The summed E-state index contributed by atoms with van der Waals surface area (Å²) >= 11 is 0. The second-order valence-corrected chi connectivity index (χ2v) is 17.5. The number of allylic oxidation sites excluding steroid dienone is 10. The molecule has 0 aliphatic heterocycles. The van der Waals surface area contributed by atoms with Crippen molar-refractivity contribution in [1.29, 1.82) is 0 Å². The molecule has 1 N–H and O–H groups in total. The van der Waals surface area contributed by atoms with Gasteiger partial charge in [-0.1, -0.05) is 145 Å². The van der Waals surface area contributed by atoms with Gasteiger partial charge in [0.2, 0.25) is 0 Å². The molecule has 330 valence electrons. The maximum absolute atomic E-state index is 12.7. The van der Waals surface area contributed by atoms with Crippen LogP contribution in [0, 0.1) is 0 Å². The highest BCUT2D eigenvalue weighted by molar-refractivity contribution is 7.47. The van der Waals surface area contributed by atoms with Crippen molar-refractivity contribution in [2.75, 3.05) is 47.5 Å². The quantitative estimate of drug-likeness (QED) is 0.0214. The summed E-state index contributed by atoms with van der Waals surface area (Å²) < 4.78 is 34.2. The second kappa shape index (κ2) is 39.2. The van der Waals surface area contributed by atoms with Crippen molar-refractivity contribution in [2.24, 2.45) is 0 Å². The highest BCUT2D eigenvalue weighted by Crippen LogP contribution is 2.43. The van der Waals surface area contributed by atoms with Crippen LogP contribution in [0.25, 0.3) is 0 Å². The summed E-state index contributed by atoms with van der Waals surface area (Å²) in [6, 6.07) is 0. The Bertz CT molecular complexity index is 1160. The number of likely N-dealkylation sites (N-methyl/N-ethyl adjacent to an activating group) is 1. The van der Waals surface area contributed by atoms with Gasteiger partial charge in [0.1, 0.15) is 19.8 Å². The minimum Gasteiger partial charge on any atom is -0.462 e. The largest absolute Gasteiger partial charge is 0.472 e. The average Bonchev–Trinajstić information content (AvgIpc) is 3.16. The van der Waals surface area contributed by atoms with Crippen LogP contribution < -0.4 is 0 Å². The van der Waals surface area contributed by atoms with Gasteiger partial charge in [-0.15, -0.1) is 0 Å². The van der Waals surface area contributed by atoms with Gasteiger partial charge in [0.25, 0.3) is 0 Å². The number of nitrogens with zero attached hydrogens (tertiary/aromatic N) is 1. The molecule has 1 unspecified atom stereocenters. The average molecular weight is 823 g/mol. The summed E-state index contributed by atoms with van der Waals surface area (Å²) in [6.45, 7) is 4.31. The molecule has 0 aromatic heterocycles. The molecular formula is C47H85NO8P+. The van der Waals surface area contributed by atoms with Gasteiger partial charge in [-0.2, -0.15) is 0 Å². The summed E-state index contributed by atoms with van der Waals surface area (Å²) in [5.74, 6) is -0.877. The predicted octanol–water partition coefficient (Wildman–Crippen LogP) is 12.9. The van der Waals surface area contributed by atoms with E-state index in [0.29, 0.717) is 23.9 Å². The third-order valence-corrected chi connectivity index (χ3v) is 10.3. The van der Waals surface area contributed by atoms with E-state index in [1.807, 2.05) is 21.1 Å². The van der Waals surface area contributed by atoms with Gasteiger partial charge >= 0.3 is 19.8 Å². The topological polar surface area (TPSA) is 108 Å². The molecule has 0 heterocycles. The smallest absolute Gasteiger partial charge is 0.462 e. The predicted molar refractivity (Wildman–Crippen MR) is 238 cm³/mol. The van der Waals surface area contributed by atoms with Gasteiger partial charge in [-0.3, -0.25) is 18.6 Å². The Morgan fingerprint density at radius 2 is 0.965 bits per heavy atom. The van der Waals surface area contributed by atoms with Gasteiger partial charge < -0.3 is 18.9 Å². The van der Waals surface area contributed by atoms with Crippen LogP contribution >= 0.6 is 7.82 Å². The molecular weight excluding hydrogens is 737 g/mol. The second-order valence-electron chi connectivity index (χ2n) is 16.1. The van der Waals surface area contributed by atoms with E-state index in [1.54, 1.807) is 0 Å². The number of phosphoric acid groups is 1. The molecule has 0 spiro atoms. The van der Waals surface area contributed by atoms with Crippen molar-refractivity contribution < 1.29 is 42.1 Å². The van der Waals surface area contributed by atoms with Crippen molar-refractivity contribution in [1.82, 2.24) is 0 Å². The Kier molecular flexibility index (Phi) is 37.6. The van der Waals surface area contributed by atoms with Crippen LogP contribution in [-0.4, -0.2) is 74.9 Å². The van der Waals surface area contributed by atoms with E-state index in [1.165, 1.54) is 77.0 Å². The molecule has 0 fully saturated rings. The Balaban J connectivity index is 4.46. The highest BCUT2D eigenvalue weighted by Gasteiger charge is 2.27. The maximum Gasteiger partial charge on any atom is 0.472 e. The van der Waals surface area contributed by atoms with Crippen LogP contribution in [0.2, 0.25) is 0 Å². The lowest BCUT2D eigenvalue weighted by molar-refractivity contribution is -0.870. The maximum atomic E-state index is 12.7. The first-order chi connectivity index (χ1) is 27.5. The zero-order valence-electron chi connectivity index (χ0n) is 37.1. The Morgan fingerprint density at radius 3 is 1.51 bits per heavy atom. The molecule has 2 atom stereocenters. The summed E-state index contributed by atoms with van der Waals surface area (Å²) in [7, 11) is 1.44. The zero-order valence-corrected chi connectivity index (χ0v) is 38.0. The number of carbonyl (C=O) groups is 2. The first-order valence-corrected chi connectivity index (χ1v) is 24.0. The van der Waals surface area contributed by atoms with E-state index in [9.17, 15) is 19.0 Å². The van der Waals surface area contributed by atoms with Gasteiger partial charge in [-0.05, 0) is 77.0 Å². The van der Waals surface area contributed by atoms with Crippen molar-refractivity contribution in [3.63, 3.8) is 0 Å². The van der Waals surface area contributed by atoms with Crippen molar-refractivity contribution >= 4 is 19.8 Å². The molecule has 0 aromatic carbocycles. The summed E-state index contributed by atoms with van der Waals surface area (Å²) in [6.07, 6.45) is 47.0. The number of quaternary nitrogens is 1. The lowest BCUT2D eigenvalue weighted by Gasteiger charge is -2.24.